The summed E-state index contributed by atoms with van der Waals surface area (Å²) in [4.78, 5) is 35.0. The predicted octanol–water partition coefficient (Wildman–Crippen LogP) is -0.301. The lowest BCUT2D eigenvalue weighted by molar-refractivity contribution is -0.145. The third kappa shape index (κ3) is 6.37. The van der Waals surface area contributed by atoms with Gasteiger partial charge >= 0.3 is 18.0 Å². The highest BCUT2D eigenvalue weighted by Gasteiger charge is 2.22. The summed E-state index contributed by atoms with van der Waals surface area (Å²) in [5, 5.41) is 22.0. The zero-order chi connectivity index (χ0) is 15.0. The minimum Gasteiger partial charge on any atom is -0.481 e. The number of nitrogens with one attached hydrogen (secondary N) is 2. The molecule has 1 aliphatic heterocycles. The molecule has 1 aliphatic rings. The van der Waals surface area contributed by atoms with Gasteiger partial charge in [-0.1, -0.05) is 6.42 Å². The number of carboxylic acids is 2. The monoisotopic (exact) mass is 287 g/mol. The molecule has 1 atom stereocenters. The minimum atomic E-state index is -1.41. The van der Waals surface area contributed by atoms with Gasteiger partial charge in [-0.2, -0.15) is 0 Å². The van der Waals surface area contributed by atoms with Gasteiger partial charge in [0.2, 0.25) is 0 Å². The van der Waals surface area contributed by atoms with Gasteiger partial charge in [-0.05, 0) is 25.9 Å². The Labute approximate surface area is 117 Å². The van der Waals surface area contributed by atoms with Crippen molar-refractivity contribution in [3.8, 4) is 0 Å². The van der Waals surface area contributed by atoms with Crippen LogP contribution in [-0.2, 0) is 9.59 Å². The van der Waals surface area contributed by atoms with Crippen molar-refractivity contribution >= 4 is 18.0 Å². The molecule has 1 unspecified atom stereocenters. The average molecular weight is 287 g/mol. The van der Waals surface area contributed by atoms with Crippen LogP contribution in [-0.4, -0.2) is 65.3 Å². The summed E-state index contributed by atoms with van der Waals surface area (Å²) in [6, 6.07) is -2.07. The number of nitrogens with zero attached hydrogens (tertiary/aromatic N) is 1. The highest BCUT2D eigenvalue weighted by atomic mass is 16.4. The van der Waals surface area contributed by atoms with Gasteiger partial charge in [0.15, 0.2) is 0 Å². The Hall–Kier alpha value is -1.83. The zero-order valence-electron chi connectivity index (χ0n) is 11.3. The highest BCUT2D eigenvalue weighted by Crippen LogP contribution is 2.07. The number of piperidine rings is 1. The van der Waals surface area contributed by atoms with Gasteiger partial charge < -0.3 is 25.7 Å². The van der Waals surface area contributed by atoms with Crippen molar-refractivity contribution in [2.75, 3.05) is 26.2 Å². The summed E-state index contributed by atoms with van der Waals surface area (Å²) in [7, 11) is 0. The molecule has 2 amide bonds. The zero-order valence-corrected chi connectivity index (χ0v) is 11.3. The molecule has 0 aromatic carbocycles. The van der Waals surface area contributed by atoms with Gasteiger partial charge in [-0.25, -0.2) is 9.59 Å². The molecule has 0 bridgehead atoms. The first kappa shape index (κ1) is 16.2. The Morgan fingerprint density at radius 2 is 1.75 bits per heavy atom. The van der Waals surface area contributed by atoms with Crippen LogP contribution < -0.4 is 10.6 Å². The van der Waals surface area contributed by atoms with Crippen LogP contribution in [0.1, 0.15) is 25.7 Å². The van der Waals surface area contributed by atoms with Gasteiger partial charge in [0.25, 0.3) is 0 Å². The van der Waals surface area contributed by atoms with Crippen LogP contribution >= 0.6 is 0 Å². The van der Waals surface area contributed by atoms with E-state index in [2.05, 4.69) is 15.5 Å². The first-order valence-corrected chi connectivity index (χ1v) is 6.70. The van der Waals surface area contributed by atoms with E-state index in [-0.39, 0.29) is 0 Å². The number of rotatable bonds is 7. The maximum Gasteiger partial charge on any atom is 0.326 e. The summed E-state index contributed by atoms with van der Waals surface area (Å²) in [5.41, 5.74) is 0. The Morgan fingerprint density at radius 3 is 2.30 bits per heavy atom. The molecule has 0 aromatic rings. The van der Waals surface area contributed by atoms with E-state index in [0.29, 0.717) is 13.1 Å². The molecule has 20 heavy (non-hydrogen) atoms. The highest BCUT2D eigenvalue weighted by molar-refractivity contribution is 5.86. The van der Waals surface area contributed by atoms with Gasteiger partial charge in [-0.15, -0.1) is 0 Å². The van der Waals surface area contributed by atoms with Crippen molar-refractivity contribution in [1.82, 2.24) is 15.5 Å². The van der Waals surface area contributed by atoms with Crippen LogP contribution in [0.15, 0.2) is 0 Å². The van der Waals surface area contributed by atoms with E-state index in [1.54, 1.807) is 0 Å². The third-order valence-corrected chi connectivity index (χ3v) is 3.14. The molecule has 0 aliphatic carbocycles. The Bertz CT molecular complexity index is 355. The maximum absolute atomic E-state index is 11.5. The number of amides is 2. The quantitative estimate of drug-likeness (QED) is 0.510. The minimum absolute atomic E-state index is 0.408. The maximum atomic E-state index is 11.5. The molecule has 8 nitrogen and oxygen atoms in total. The molecular weight excluding hydrogens is 266 g/mol. The Balaban J connectivity index is 2.23. The second-order valence-electron chi connectivity index (χ2n) is 4.79. The molecule has 4 N–H and O–H groups in total. The summed E-state index contributed by atoms with van der Waals surface area (Å²) in [6.45, 7) is 3.15. The molecule has 1 rings (SSSR count). The van der Waals surface area contributed by atoms with Crippen molar-refractivity contribution in [1.29, 1.82) is 0 Å². The molecule has 0 spiro atoms. The van der Waals surface area contributed by atoms with E-state index in [9.17, 15) is 14.4 Å². The SMILES string of the molecule is O=C(O)CC(NC(=O)NCCN1CCCCC1)C(=O)O. The first-order chi connectivity index (χ1) is 9.49. The van der Waals surface area contributed by atoms with Crippen molar-refractivity contribution in [2.45, 2.75) is 31.7 Å². The van der Waals surface area contributed by atoms with Gasteiger partial charge in [0, 0.05) is 13.1 Å². The molecule has 1 fully saturated rings. The van der Waals surface area contributed by atoms with Crippen LogP contribution in [0.4, 0.5) is 4.79 Å². The third-order valence-electron chi connectivity index (χ3n) is 3.14. The Morgan fingerprint density at radius 1 is 1.10 bits per heavy atom. The molecule has 0 radical (unpaired) electrons. The molecule has 1 heterocycles. The van der Waals surface area contributed by atoms with Crippen LogP contribution in [0.2, 0.25) is 0 Å². The first-order valence-electron chi connectivity index (χ1n) is 6.70. The Kier molecular flexibility index (Phi) is 6.78. The number of hydrogen-bond acceptors (Lipinski definition) is 4. The molecular formula is C12H21N3O5. The van der Waals surface area contributed by atoms with E-state index in [1.807, 2.05) is 0 Å². The number of carbonyl (C=O) groups excluding carboxylic acids is 1. The number of aliphatic carboxylic acids is 2. The number of hydrogen-bond donors (Lipinski definition) is 4. The normalized spacial score (nSPS) is 17.2. The largest absolute Gasteiger partial charge is 0.481 e. The fourth-order valence-corrected chi connectivity index (χ4v) is 2.09. The van der Waals surface area contributed by atoms with E-state index in [4.69, 9.17) is 10.2 Å². The summed E-state index contributed by atoms with van der Waals surface area (Å²) in [5.74, 6) is -2.63. The van der Waals surface area contributed by atoms with E-state index >= 15 is 0 Å². The summed E-state index contributed by atoms with van der Waals surface area (Å²) < 4.78 is 0. The van der Waals surface area contributed by atoms with Crippen LogP contribution in [0.5, 0.6) is 0 Å². The fourth-order valence-electron chi connectivity index (χ4n) is 2.09. The van der Waals surface area contributed by atoms with Crippen LogP contribution in [0.25, 0.3) is 0 Å². The van der Waals surface area contributed by atoms with E-state index in [0.717, 1.165) is 25.9 Å². The standard InChI is InChI=1S/C12H21N3O5/c16-10(17)8-9(11(18)19)14-12(20)13-4-7-15-5-2-1-3-6-15/h9H,1-8H2,(H,16,17)(H,18,19)(H2,13,14,20). The molecule has 1 saturated heterocycles. The molecule has 0 saturated carbocycles. The lowest BCUT2D eigenvalue weighted by Crippen LogP contribution is -2.48. The average Bonchev–Trinajstić information content (AvgIpc) is 2.38. The van der Waals surface area contributed by atoms with Crippen LogP contribution in [0, 0.1) is 0 Å². The molecule has 8 heteroatoms. The molecule has 114 valence electrons. The number of carbonyl (C=O) groups is 3. The lowest BCUT2D eigenvalue weighted by Gasteiger charge is -2.26. The van der Waals surface area contributed by atoms with Gasteiger partial charge in [-0.3, -0.25) is 4.79 Å². The number of carboxylic acid groups (broad SMARTS) is 2. The lowest BCUT2D eigenvalue weighted by atomic mass is 10.1. The van der Waals surface area contributed by atoms with Crippen molar-refractivity contribution in [3.63, 3.8) is 0 Å². The van der Waals surface area contributed by atoms with Gasteiger partial charge in [0.05, 0.1) is 6.42 Å². The smallest absolute Gasteiger partial charge is 0.326 e. The van der Waals surface area contributed by atoms with Gasteiger partial charge in [0.1, 0.15) is 6.04 Å². The second kappa shape index (κ2) is 8.36. The van der Waals surface area contributed by atoms with Crippen molar-refractivity contribution < 1.29 is 24.6 Å². The van der Waals surface area contributed by atoms with Crippen molar-refractivity contribution in [2.24, 2.45) is 0 Å². The topological polar surface area (TPSA) is 119 Å². The number of urea groups is 1. The summed E-state index contributed by atoms with van der Waals surface area (Å²) in [6.07, 6.45) is 2.91. The van der Waals surface area contributed by atoms with E-state index in [1.165, 1.54) is 6.42 Å². The predicted molar refractivity (Wildman–Crippen MR) is 70.5 cm³/mol. The van der Waals surface area contributed by atoms with Crippen molar-refractivity contribution in [3.05, 3.63) is 0 Å². The molecule has 0 aromatic heterocycles. The van der Waals surface area contributed by atoms with Crippen LogP contribution in [0.3, 0.4) is 0 Å². The number of likely N-dealkylation sites (tertiary alicyclic amines) is 1. The summed E-state index contributed by atoms with van der Waals surface area (Å²) >= 11 is 0. The fraction of sp³-hybridized carbons (Fsp3) is 0.750. The van der Waals surface area contributed by atoms with E-state index < -0.39 is 30.4 Å². The second-order valence-corrected chi connectivity index (χ2v) is 4.79.